The molecular weight excluding hydrogens is 464 g/mol. The van der Waals surface area contributed by atoms with Crippen LogP contribution >= 0.6 is 0 Å². The molecule has 4 rings (SSSR count). The van der Waals surface area contributed by atoms with Gasteiger partial charge in [-0.25, -0.2) is 9.59 Å². The molecule has 1 amide bonds. The van der Waals surface area contributed by atoms with Gasteiger partial charge in [0.1, 0.15) is 11.3 Å². The number of carboxylic acids is 1. The SMILES string of the molecule is COC(=O)C1(Nc2ccccc2C(=O)O)/C(=C(\O)c2ccccc2)C(=O)C(=O)N1c1ccc(C)cc1. The van der Waals surface area contributed by atoms with Crippen molar-refractivity contribution in [3.05, 3.63) is 101 Å². The van der Waals surface area contributed by atoms with Gasteiger partial charge in [0.15, 0.2) is 0 Å². The van der Waals surface area contributed by atoms with Crippen molar-refractivity contribution in [1.82, 2.24) is 0 Å². The molecule has 0 radical (unpaired) electrons. The number of ether oxygens (including phenoxy) is 1. The van der Waals surface area contributed by atoms with Crippen molar-refractivity contribution in [2.45, 2.75) is 12.6 Å². The maximum absolute atomic E-state index is 13.6. The number of aromatic carboxylic acids is 1. The minimum Gasteiger partial charge on any atom is -0.507 e. The Kier molecular flexibility index (Phi) is 6.31. The highest BCUT2D eigenvalue weighted by Gasteiger charge is 2.63. The number of Topliss-reactive ketones (excluding diaryl/α,β-unsaturated/α-hetero) is 1. The van der Waals surface area contributed by atoms with Crippen LogP contribution in [0.5, 0.6) is 0 Å². The smallest absolute Gasteiger partial charge is 0.358 e. The van der Waals surface area contributed by atoms with Crippen molar-refractivity contribution in [1.29, 1.82) is 0 Å². The van der Waals surface area contributed by atoms with Crippen LogP contribution in [0.2, 0.25) is 0 Å². The second-order valence-corrected chi connectivity index (χ2v) is 8.07. The van der Waals surface area contributed by atoms with Gasteiger partial charge in [0.2, 0.25) is 0 Å². The highest BCUT2D eigenvalue weighted by atomic mass is 16.5. The lowest BCUT2D eigenvalue weighted by Gasteiger charge is -2.37. The molecule has 9 nitrogen and oxygen atoms in total. The molecule has 3 N–H and O–H groups in total. The Morgan fingerprint density at radius 1 is 0.889 bits per heavy atom. The Labute approximate surface area is 206 Å². The van der Waals surface area contributed by atoms with Crippen LogP contribution in [0.15, 0.2) is 84.4 Å². The molecule has 0 bridgehead atoms. The number of aliphatic hydroxyl groups excluding tert-OH is 1. The first-order chi connectivity index (χ1) is 17.2. The maximum atomic E-state index is 13.6. The summed E-state index contributed by atoms with van der Waals surface area (Å²) >= 11 is 0. The largest absolute Gasteiger partial charge is 0.507 e. The number of carbonyl (C=O) groups is 4. The lowest BCUT2D eigenvalue weighted by atomic mass is 9.93. The average molecular weight is 486 g/mol. The Morgan fingerprint density at radius 2 is 1.50 bits per heavy atom. The highest BCUT2D eigenvalue weighted by molar-refractivity contribution is 6.54. The van der Waals surface area contributed by atoms with Crippen LogP contribution < -0.4 is 10.2 Å². The first kappa shape index (κ1) is 24.2. The van der Waals surface area contributed by atoms with E-state index in [1.54, 1.807) is 30.3 Å². The molecule has 9 heteroatoms. The molecule has 1 saturated heterocycles. The molecule has 36 heavy (non-hydrogen) atoms. The van der Waals surface area contributed by atoms with Crippen molar-refractivity contribution in [3.63, 3.8) is 0 Å². The summed E-state index contributed by atoms with van der Waals surface area (Å²) in [5.41, 5.74) is -2.15. The van der Waals surface area contributed by atoms with Gasteiger partial charge in [-0.05, 0) is 31.2 Å². The van der Waals surface area contributed by atoms with Gasteiger partial charge in [-0.2, -0.15) is 0 Å². The fourth-order valence-electron chi connectivity index (χ4n) is 4.14. The topological polar surface area (TPSA) is 133 Å². The third-order valence-electron chi connectivity index (χ3n) is 5.85. The molecule has 0 aliphatic carbocycles. The van der Waals surface area contributed by atoms with Gasteiger partial charge < -0.3 is 20.3 Å². The van der Waals surface area contributed by atoms with Gasteiger partial charge in [-0.15, -0.1) is 0 Å². The number of para-hydroxylation sites is 1. The number of rotatable bonds is 6. The summed E-state index contributed by atoms with van der Waals surface area (Å²) in [5, 5.41) is 23.8. The molecule has 1 aliphatic heterocycles. The molecule has 1 fully saturated rings. The molecule has 0 aromatic heterocycles. The highest BCUT2D eigenvalue weighted by Crippen LogP contribution is 2.42. The predicted molar refractivity (Wildman–Crippen MR) is 131 cm³/mol. The van der Waals surface area contributed by atoms with Gasteiger partial charge in [0, 0.05) is 11.3 Å². The normalized spacial score (nSPS) is 18.7. The number of nitrogens with one attached hydrogen (secondary N) is 1. The zero-order valence-corrected chi connectivity index (χ0v) is 19.4. The number of carbonyl (C=O) groups excluding carboxylic acids is 3. The van der Waals surface area contributed by atoms with E-state index in [2.05, 4.69) is 5.32 Å². The number of hydrogen-bond acceptors (Lipinski definition) is 7. The molecule has 0 saturated carbocycles. The summed E-state index contributed by atoms with van der Waals surface area (Å²) < 4.78 is 5.06. The van der Waals surface area contributed by atoms with Crippen LogP contribution in [0.3, 0.4) is 0 Å². The minimum absolute atomic E-state index is 0.0756. The molecule has 0 spiro atoms. The molecule has 3 aromatic carbocycles. The molecule has 1 atom stereocenters. The number of nitrogens with zero attached hydrogens (tertiary/aromatic N) is 1. The number of anilines is 2. The Morgan fingerprint density at radius 3 is 2.11 bits per heavy atom. The van der Waals surface area contributed by atoms with E-state index >= 15 is 0 Å². The Balaban J connectivity index is 2.09. The molecular formula is C27H22N2O7. The number of ketones is 1. The van der Waals surface area contributed by atoms with E-state index in [0.717, 1.165) is 17.6 Å². The lowest BCUT2D eigenvalue weighted by Crippen LogP contribution is -2.60. The summed E-state index contributed by atoms with van der Waals surface area (Å²) in [5.74, 6) is -5.31. The Hall–Kier alpha value is -4.92. The number of aryl methyl sites for hydroxylation is 1. The average Bonchev–Trinajstić information content (AvgIpc) is 3.11. The Bertz CT molecular complexity index is 1400. The van der Waals surface area contributed by atoms with Gasteiger partial charge >= 0.3 is 17.8 Å². The quantitative estimate of drug-likeness (QED) is 0.208. The predicted octanol–water partition coefficient (Wildman–Crippen LogP) is 3.56. The van der Waals surface area contributed by atoms with Crippen LogP contribution in [0.1, 0.15) is 21.5 Å². The molecule has 1 unspecified atom stereocenters. The lowest BCUT2D eigenvalue weighted by molar-refractivity contribution is -0.145. The van der Waals surface area contributed by atoms with Crippen LogP contribution in [-0.4, -0.2) is 46.6 Å². The third-order valence-corrected chi connectivity index (χ3v) is 5.85. The van der Waals surface area contributed by atoms with Crippen molar-refractivity contribution in [3.8, 4) is 0 Å². The van der Waals surface area contributed by atoms with Crippen molar-refractivity contribution < 1.29 is 34.1 Å². The molecule has 182 valence electrons. The van der Waals surface area contributed by atoms with Crippen LogP contribution in [0.25, 0.3) is 5.76 Å². The fraction of sp³-hybridized carbons (Fsp3) is 0.111. The standard InChI is InChI=1S/C27H22N2O7/c1-16-12-14-18(15-13-16)29-24(32)23(31)21(22(30)17-8-4-3-5-9-17)27(29,26(35)36-2)28-20-11-7-6-10-19(20)25(33)34/h3-15,28,30H,1-2H3,(H,33,34)/b22-21-. The number of carboxylic acid groups (broad SMARTS) is 1. The summed E-state index contributed by atoms with van der Waals surface area (Å²) in [7, 11) is 1.06. The number of amides is 1. The number of aliphatic hydroxyl groups is 1. The van der Waals surface area contributed by atoms with Gasteiger partial charge in [-0.1, -0.05) is 60.2 Å². The van der Waals surface area contributed by atoms with Gasteiger partial charge in [-0.3, -0.25) is 14.5 Å². The van der Waals surface area contributed by atoms with Crippen molar-refractivity contribution in [2.75, 3.05) is 17.3 Å². The van der Waals surface area contributed by atoms with E-state index in [0.29, 0.717) is 0 Å². The molecule has 3 aromatic rings. The zero-order valence-electron chi connectivity index (χ0n) is 19.4. The van der Waals surface area contributed by atoms with E-state index in [4.69, 9.17) is 4.74 Å². The van der Waals surface area contributed by atoms with Crippen LogP contribution in [-0.2, 0) is 19.1 Å². The zero-order chi connectivity index (χ0) is 26.0. The van der Waals surface area contributed by atoms with E-state index in [1.807, 2.05) is 6.92 Å². The van der Waals surface area contributed by atoms with E-state index in [-0.39, 0.29) is 22.5 Å². The fourth-order valence-corrected chi connectivity index (χ4v) is 4.14. The van der Waals surface area contributed by atoms with Gasteiger partial charge in [0.05, 0.1) is 18.4 Å². The monoisotopic (exact) mass is 486 g/mol. The summed E-state index contributed by atoms with van der Waals surface area (Å²) in [6.07, 6.45) is 0. The number of benzene rings is 3. The van der Waals surface area contributed by atoms with Gasteiger partial charge in [0.25, 0.3) is 11.4 Å². The summed E-state index contributed by atoms with van der Waals surface area (Å²) in [6.45, 7) is 1.82. The van der Waals surface area contributed by atoms with Crippen LogP contribution in [0.4, 0.5) is 11.4 Å². The number of esters is 1. The molecule has 1 aliphatic rings. The minimum atomic E-state index is -2.43. The summed E-state index contributed by atoms with van der Waals surface area (Å²) in [6, 6.07) is 20.0. The second-order valence-electron chi connectivity index (χ2n) is 8.07. The van der Waals surface area contributed by atoms with E-state index in [1.165, 1.54) is 48.5 Å². The first-order valence-electron chi connectivity index (χ1n) is 10.9. The number of hydrogen-bond donors (Lipinski definition) is 3. The second kappa shape index (κ2) is 9.38. The van der Waals surface area contributed by atoms with Crippen LogP contribution in [0, 0.1) is 6.92 Å². The number of methoxy groups -OCH3 is 1. The van der Waals surface area contributed by atoms with Crippen molar-refractivity contribution >= 4 is 40.8 Å². The summed E-state index contributed by atoms with van der Waals surface area (Å²) in [4.78, 5) is 53.3. The maximum Gasteiger partial charge on any atom is 0.358 e. The van der Waals surface area contributed by atoms with Crippen molar-refractivity contribution in [2.24, 2.45) is 0 Å². The molecule has 1 heterocycles. The van der Waals surface area contributed by atoms with E-state index < -0.39 is 40.6 Å². The third kappa shape index (κ3) is 3.86. The van der Waals surface area contributed by atoms with E-state index in [9.17, 15) is 29.4 Å². The first-order valence-corrected chi connectivity index (χ1v) is 10.9.